The maximum Gasteiger partial charge on any atom is 0.164 e. The number of rotatable bonds is 2. The monoisotopic (exact) mass is 378 g/mol. The van der Waals surface area contributed by atoms with Gasteiger partial charge in [0.2, 0.25) is 0 Å². The van der Waals surface area contributed by atoms with Crippen molar-refractivity contribution >= 4 is 27.4 Å². The van der Waals surface area contributed by atoms with Crippen LogP contribution in [0.1, 0.15) is 29.7 Å². The van der Waals surface area contributed by atoms with E-state index in [2.05, 4.69) is 9.88 Å². The molecule has 2 fully saturated rings. The first-order chi connectivity index (χ1) is 13.3. The molecule has 6 heteroatoms. The van der Waals surface area contributed by atoms with Crippen LogP contribution in [0.4, 0.5) is 5.82 Å². The van der Waals surface area contributed by atoms with Crippen molar-refractivity contribution in [3.05, 3.63) is 35.0 Å². The highest BCUT2D eigenvalue weighted by atomic mass is 32.1. The van der Waals surface area contributed by atoms with Crippen LogP contribution < -0.4 is 4.90 Å². The zero-order valence-electron chi connectivity index (χ0n) is 15.3. The van der Waals surface area contributed by atoms with Gasteiger partial charge in [-0.2, -0.15) is 0 Å². The van der Waals surface area contributed by atoms with Crippen LogP contribution in [0.15, 0.2) is 24.5 Å². The van der Waals surface area contributed by atoms with Crippen LogP contribution >= 0.6 is 11.3 Å². The van der Waals surface area contributed by atoms with Crippen LogP contribution in [0.2, 0.25) is 0 Å². The molecule has 1 spiro atoms. The summed E-state index contributed by atoms with van der Waals surface area (Å²) in [5, 5.41) is 1.30. The molecule has 5 nitrogen and oxygen atoms in total. The number of pyridine rings is 1. The first kappa shape index (κ1) is 16.0. The standard InChI is InChI=1S/C21H22N4OS/c1-4-15-16(5-1)27-20-17(15)19(23-18(24-20)14-3-2-8-22-11-14)25-9-10-26-13-21(12-25)6-7-21/h2-3,8,11H,1,4-7,9-10,12-13H2. The van der Waals surface area contributed by atoms with E-state index in [0.717, 1.165) is 54.8 Å². The third-order valence-electron chi connectivity index (χ3n) is 6.16. The molecular weight excluding hydrogens is 356 g/mol. The normalized spacial score (nSPS) is 20.8. The molecule has 3 aromatic heterocycles. The Bertz CT molecular complexity index is 1010. The number of thiophene rings is 1. The smallest absolute Gasteiger partial charge is 0.164 e. The number of aromatic nitrogens is 3. The van der Waals surface area contributed by atoms with Crippen molar-refractivity contribution < 1.29 is 4.74 Å². The van der Waals surface area contributed by atoms with Crippen LogP contribution in [0.3, 0.4) is 0 Å². The predicted molar refractivity (Wildman–Crippen MR) is 107 cm³/mol. The van der Waals surface area contributed by atoms with Crippen molar-refractivity contribution in [3.63, 3.8) is 0 Å². The largest absolute Gasteiger partial charge is 0.379 e. The van der Waals surface area contributed by atoms with E-state index in [1.54, 1.807) is 6.20 Å². The van der Waals surface area contributed by atoms with Crippen LogP contribution in [0.5, 0.6) is 0 Å². The Morgan fingerprint density at radius 2 is 2.15 bits per heavy atom. The summed E-state index contributed by atoms with van der Waals surface area (Å²) in [5.41, 5.74) is 2.83. The third-order valence-corrected chi connectivity index (χ3v) is 7.35. The van der Waals surface area contributed by atoms with Gasteiger partial charge in [0, 0.05) is 41.3 Å². The van der Waals surface area contributed by atoms with Gasteiger partial charge in [0.25, 0.3) is 0 Å². The molecule has 4 heterocycles. The Morgan fingerprint density at radius 3 is 3.00 bits per heavy atom. The summed E-state index contributed by atoms with van der Waals surface area (Å²) in [6.45, 7) is 3.64. The molecule has 138 valence electrons. The molecule has 27 heavy (non-hydrogen) atoms. The SMILES string of the molecule is c1cncc(-c2nc(N3CCOCC4(CC4)C3)c3c4c(sc3n2)CCC4)c1. The number of fused-ring (bicyclic) bond motifs is 3. The lowest BCUT2D eigenvalue weighted by Gasteiger charge is -2.25. The lowest BCUT2D eigenvalue weighted by Crippen LogP contribution is -2.32. The Balaban J connectivity index is 1.54. The van der Waals surface area contributed by atoms with Crippen molar-refractivity contribution in [2.75, 3.05) is 31.2 Å². The fourth-order valence-electron chi connectivity index (χ4n) is 4.48. The first-order valence-electron chi connectivity index (χ1n) is 9.87. The summed E-state index contributed by atoms with van der Waals surface area (Å²) in [4.78, 5) is 19.5. The van der Waals surface area contributed by atoms with E-state index >= 15 is 0 Å². The minimum Gasteiger partial charge on any atom is -0.379 e. The topological polar surface area (TPSA) is 51.1 Å². The molecule has 1 aliphatic heterocycles. The fraction of sp³-hybridized carbons (Fsp3) is 0.476. The number of hydrogen-bond acceptors (Lipinski definition) is 6. The van der Waals surface area contributed by atoms with Crippen LogP contribution in [0, 0.1) is 5.41 Å². The Hall–Kier alpha value is -2.05. The van der Waals surface area contributed by atoms with E-state index in [0.29, 0.717) is 5.41 Å². The molecule has 6 rings (SSSR count). The first-order valence-corrected chi connectivity index (χ1v) is 10.7. The van der Waals surface area contributed by atoms with Gasteiger partial charge in [-0.3, -0.25) is 4.98 Å². The summed E-state index contributed by atoms with van der Waals surface area (Å²) in [6, 6.07) is 4.00. The Morgan fingerprint density at radius 1 is 1.19 bits per heavy atom. The van der Waals surface area contributed by atoms with Gasteiger partial charge in [0.05, 0.1) is 18.6 Å². The number of aryl methyl sites for hydroxylation is 2. The van der Waals surface area contributed by atoms with Gasteiger partial charge >= 0.3 is 0 Å². The molecular formula is C21H22N4OS. The van der Waals surface area contributed by atoms with Crippen molar-refractivity contribution in [3.8, 4) is 11.4 Å². The van der Waals surface area contributed by atoms with Gasteiger partial charge in [0.1, 0.15) is 10.6 Å². The highest BCUT2D eigenvalue weighted by molar-refractivity contribution is 7.19. The van der Waals surface area contributed by atoms with E-state index in [-0.39, 0.29) is 0 Å². The summed E-state index contributed by atoms with van der Waals surface area (Å²) in [5.74, 6) is 1.91. The van der Waals surface area contributed by atoms with Crippen LogP contribution in [0.25, 0.3) is 21.6 Å². The number of hydrogen-bond donors (Lipinski definition) is 0. The van der Waals surface area contributed by atoms with Gasteiger partial charge < -0.3 is 9.64 Å². The summed E-state index contributed by atoms with van der Waals surface area (Å²) in [7, 11) is 0. The maximum absolute atomic E-state index is 5.93. The fourth-order valence-corrected chi connectivity index (χ4v) is 5.74. The van der Waals surface area contributed by atoms with Crippen molar-refractivity contribution in [2.45, 2.75) is 32.1 Å². The van der Waals surface area contributed by atoms with Gasteiger partial charge in [-0.15, -0.1) is 11.3 Å². The second-order valence-electron chi connectivity index (χ2n) is 8.12. The van der Waals surface area contributed by atoms with Crippen molar-refractivity contribution in [1.29, 1.82) is 0 Å². The highest BCUT2D eigenvalue weighted by Crippen LogP contribution is 2.49. The third kappa shape index (κ3) is 2.65. The second kappa shape index (κ2) is 5.97. The van der Waals surface area contributed by atoms with Gasteiger partial charge in [-0.1, -0.05) is 0 Å². The second-order valence-corrected chi connectivity index (χ2v) is 9.21. The van der Waals surface area contributed by atoms with Crippen LogP contribution in [-0.2, 0) is 17.6 Å². The molecule has 2 aliphatic carbocycles. The van der Waals surface area contributed by atoms with E-state index < -0.39 is 0 Å². The molecule has 0 aromatic carbocycles. The predicted octanol–water partition coefficient (Wildman–Crippen LogP) is 3.86. The zero-order valence-corrected chi connectivity index (χ0v) is 16.1. The number of nitrogens with zero attached hydrogens (tertiary/aromatic N) is 4. The summed E-state index contributed by atoms with van der Waals surface area (Å²) < 4.78 is 5.93. The minimum atomic E-state index is 0.349. The molecule has 3 aliphatic rings. The lowest BCUT2D eigenvalue weighted by molar-refractivity contribution is 0.116. The molecule has 0 amide bonds. The van der Waals surface area contributed by atoms with Gasteiger partial charge in [0.15, 0.2) is 5.82 Å². The Labute approximate surface area is 162 Å². The molecule has 1 saturated heterocycles. The number of anilines is 1. The van der Waals surface area contributed by atoms with E-state index in [1.807, 2.05) is 29.7 Å². The average Bonchev–Trinajstić information content (AvgIpc) is 3.25. The Kier molecular flexibility index (Phi) is 3.53. The van der Waals surface area contributed by atoms with Gasteiger partial charge in [-0.25, -0.2) is 9.97 Å². The van der Waals surface area contributed by atoms with Crippen molar-refractivity contribution in [1.82, 2.24) is 15.0 Å². The molecule has 0 radical (unpaired) electrons. The molecule has 0 bridgehead atoms. The number of ether oxygens (including phenoxy) is 1. The lowest BCUT2D eigenvalue weighted by atomic mass is 10.1. The van der Waals surface area contributed by atoms with Crippen molar-refractivity contribution in [2.24, 2.45) is 5.41 Å². The molecule has 0 unspecified atom stereocenters. The quantitative estimate of drug-likeness (QED) is 0.678. The van der Waals surface area contributed by atoms with E-state index in [9.17, 15) is 0 Å². The average molecular weight is 379 g/mol. The van der Waals surface area contributed by atoms with E-state index in [1.165, 1.54) is 41.5 Å². The molecule has 3 aromatic rings. The zero-order chi connectivity index (χ0) is 17.8. The van der Waals surface area contributed by atoms with Crippen LogP contribution in [-0.4, -0.2) is 41.3 Å². The molecule has 0 N–H and O–H groups in total. The molecule has 1 saturated carbocycles. The minimum absolute atomic E-state index is 0.349. The summed E-state index contributed by atoms with van der Waals surface area (Å²) >= 11 is 1.86. The molecule has 0 atom stereocenters. The van der Waals surface area contributed by atoms with E-state index in [4.69, 9.17) is 14.7 Å². The highest BCUT2D eigenvalue weighted by Gasteiger charge is 2.46. The van der Waals surface area contributed by atoms with Gasteiger partial charge in [-0.05, 0) is 49.8 Å². The maximum atomic E-state index is 5.93. The summed E-state index contributed by atoms with van der Waals surface area (Å²) in [6.07, 6.45) is 9.81.